The summed E-state index contributed by atoms with van der Waals surface area (Å²) in [6, 6.07) is 0. The van der Waals surface area contributed by atoms with E-state index in [9.17, 15) is 4.79 Å². The summed E-state index contributed by atoms with van der Waals surface area (Å²) >= 11 is 9.22. The van der Waals surface area contributed by atoms with Crippen LogP contribution in [0.4, 0.5) is 0 Å². The van der Waals surface area contributed by atoms with Gasteiger partial charge in [0.05, 0.1) is 18.5 Å². The molecule has 8 nitrogen and oxygen atoms in total. The van der Waals surface area contributed by atoms with Crippen molar-refractivity contribution in [2.24, 2.45) is 21.7 Å². The molecule has 0 amide bonds. The number of thiocarbonyl (C=S) groups is 2. The minimum Gasteiger partial charge on any atom is -0.465 e. The molecule has 0 radical (unpaired) electrons. The number of nitrogens with two attached hydrogens (primary N) is 2. The van der Waals surface area contributed by atoms with Gasteiger partial charge in [0.1, 0.15) is 0 Å². The van der Waals surface area contributed by atoms with E-state index in [-0.39, 0.29) is 22.8 Å². The molecule has 0 spiro atoms. The van der Waals surface area contributed by atoms with Crippen molar-refractivity contribution in [3.63, 3.8) is 0 Å². The standard InChI is InChI=1S/C10H18N6O2S2/c1-2-3-8(17)18-5-4-7(14-16-10(12)20)6-13-15-9(11)19/h6H,2-5H2,1H3,(H3,11,15,19)(H3,12,16,20). The van der Waals surface area contributed by atoms with Crippen LogP contribution in [0.5, 0.6) is 0 Å². The van der Waals surface area contributed by atoms with Gasteiger partial charge in [0, 0.05) is 12.8 Å². The van der Waals surface area contributed by atoms with Crippen LogP contribution in [0.2, 0.25) is 0 Å². The summed E-state index contributed by atoms with van der Waals surface area (Å²) < 4.78 is 5.00. The van der Waals surface area contributed by atoms with Crippen molar-refractivity contribution in [3.8, 4) is 0 Å². The van der Waals surface area contributed by atoms with Crippen LogP contribution in [0, 0.1) is 0 Å². The first-order valence-electron chi connectivity index (χ1n) is 5.81. The fraction of sp³-hybridized carbons (Fsp3) is 0.500. The molecule has 0 aromatic carbocycles. The van der Waals surface area contributed by atoms with Gasteiger partial charge < -0.3 is 16.2 Å². The molecule has 0 aromatic heterocycles. The lowest BCUT2D eigenvalue weighted by atomic mass is 10.3. The van der Waals surface area contributed by atoms with Gasteiger partial charge in [0.2, 0.25) is 0 Å². The average Bonchev–Trinajstić information content (AvgIpc) is 2.35. The van der Waals surface area contributed by atoms with Crippen LogP contribution in [0.3, 0.4) is 0 Å². The molecular formula is C10H18N6O2S2. The van der Waals surface area contributed by atoms with E-state index in [0.29, 0.717) is 18.6 Å². The Hall–Kier alpha value is -1.81. The summed E-state index contributed by atoms with van der Waals surface area (Å²) in [4.78, 5) is 11.2. The minimum absolute atomic E-state index is 0.0150. The number of hydrogen-bond donors (Lipinski definition) is 4. The zero-order valence-corrected chi connectivity index (χ0v) is 12.7. The van der Waals surface area contributed by atoms with Gasteiger partial charge >= 0.3 is 5.97 Å². The van der Waals surface area contributed by atoms with Crippen LogP contribution in [0.15, 0.2) is 10.2 Å². The number of rotatable bonds is 8. The third-order valence-electron chi connectivity index (χ3n) is 1.77. The lowest BCUT2D eigenvalue weighted by Crippen LogP contribution is -2.27. The summed E-state index contributed by atoms with van der Waals surface area (Å²) in [7, 11) is 0. The third-order valence-corrected chi connectivity index (χ3v) is 1.96. The molecule has 0 aromatic rings. The molecule has 0 unspecified atom stereocenters. The Morgan fingerprint density at radius 3 is 2.45 bits per heavy atom. The SMILES string of the molecule is CCCC(=O)OCCC(C=NNC(N)=S)=NNC(N)=S. The Labute approximate surface area is 128 Å². The smallest absolute Gasteiger partial charge is 0.305 e. The van der Waals surface area contributed by atoms with Gasteiger partial charge in [-0.3, -0.25) is 15.6 Å². The monoisotopic (exact) mass is 318 g/mol. The molecule has 20 heavy (non-hydrogen) atoms. The average molecular weight is 318 g/mol. The molecule has 0 saturated carbocycles. The van der Waals surface area contributed by atoms with Gasteiger partial charge in [0.25, 0.3) is 0 Å². The second-order valence-electron chi connectivity index (χ2n) is 3.53. The molecule has 6 N–H and O–H groups in total. The number of carbonyl (C=O) groups is 1. The molecule has 0 fully saturated rings. The molecule has 0 aliphatic heterocycles. The van der Waals surface area contributed by atoms with Crippen LogP contribution in [0.1, 0.15) is 26.2 Å². The van der Waals surface area contributed by atoms with E-state index in [1.165, 1.54) is 6.21 Å². The third kappa shape index (κ3) is 11.3. The zero-order valence-electron chi connectivity index (χ0n) is 11.1. The summed E-state index contributed by atoms with van der Waals surface area (Å²) in [6.45, 7) is 2.07. The summed E-state index contributed by atoms with van der Waals surface area (Å²) in [5, 5.41) is 7.69. The highest BCUT2D eigenvalue weighted by Crippen LogP contribution is 1.93. The Morgan fingerprint density at radius 2 is 1.90 bits per heavy atom. The highest BCUT2D eigenvalue weighted by Gasteiger charge is 2.03. The van der Waals surface area contributed by atoms with E-state index in [2.05, 4.69) is 45.5 Å². The molecule has 0 saturated heterocycles. The van der Waals surface area contributed by atoms with E-state index < -0.39 is 0 Å². The van der Waals surface area contributed by atoms with Crippen molar-refractivity contribution < 1.29 is 9.53 Å². The number of hydrogen-bond acceptors (Lipinski definition) is 6. The molecule has 0 atom stereocenters. The Morgan fingerprint density at radius 1 is 1.25 bits per heavy atom. The fourth-order valence-corrected chi connectivity index (χ4v) is 1.09. The zero-order chi connectivity index (χ0) is 15.4. The van der Waals surface area contributed by atoms with E-state index in [1.807, 2.05) is 6.92 Å². The van der Waals surface area contributed by atoms with Crippen LogP contribution in [-0.4, -0.2) is 34.7 Å². The Bertz CT molecular complexity index is 411. The second kappa shape index (κ2) is 11.1. The molecule has 0 heterocycles. The number of carbonyl (C=O) groups excluding carboxylic acids is 1. The highest BCUT2D eigenvalue weighted by atomic mass is 32.1. The van der Waals surface area contributed by atoms with Gasteiger partial charge in [-0.2, -0.15) is 10.2 Å². The van der Waals surface area contributed by atoms with Crippen molar-refractivity contribution >= 4 is 52.6 Å². The lowest BCUT2D eigenvalue weighted by molar-refractivity contribution is -0.143. The molecular weight excluding hydrogens is 300 g/mol. The van der Waals surface area contributed by atoms with Gasteiger partial charge in [-0.15, -0.1) is 0 Å². The maximum atomic E-state index is 11.2. The quantitative estimate of drug-likeness (QED) is 0.208. The van der Waals surface area contributed by atoms with E-state index in [4.69, 9.17) is 16.2 Å². The number of hydrazone groups is 2. The van der Waals surface area contributed by atoms with Crippen LogP contribution >= 0.6 is 24.4 Å². The molecule has 10 heteroatoms. The number of ether oxygens (including phenoxy) is 1. The summed E-state index contributed by atoms with van der Waals surface area (Å²) in [5.41, 5.74) is 15.7. The number of nitrogens with one attached hydrogen (secondary N) is 2. The normalized spacial score (nSPS) is 11.2. The van der Waals surface area contributed by atoms with Crippen LogP contribution in [-0.2, 0) is 9.53 Å². The molecule has 112 valence electrons. The van der Waals surface area contributed by atoms with Gasteiger partial charge in [0.15, 0.2) is 10.2 Å². The fourth-order valence-electron chi connectivity index (χ4n) is 0.992. The van der Waals surface area contributed by atoms with Crippen molar-refractivity contribution in [1.29, 1.82) is 0 Å². The molecule has 0 aliphatic rings. The first-order chi connectivity index (χ1) is 9.45. The first-order valence-corrected chi connectivity index (χ1v) is 6.63. The van der Waals surface area contributed by atoms with Gasteiger partial charge in [-0.25, -0.2) is 0 Å². The Balaban J connectivity index is 4.34. The van der Waals surface area contributed by atoms with Crippen molar-refractivity contribution in [2.45, 2.75) is 26.2 Å². The van der Waals surface area contributed by atoms with E-state index in [1.54, 1.807) is 0 Å². The second-order valence-corrected chi connectivity index (χ2v) is 4.41. The summed E-state index contributed by atoms with van der Waals surface area (Å²) in [5.74, 6) is -0.257. The number of nitrogens with zero attached hydrogens (tertiary/aromatic N) is 2. The first kappa shape index (κ1) is 18.2. The van der Waals surface area contributed by atoms with Crippen molar-refractivity contribution in [3.05, 3.63) is 0 Å². The summed E-state index contributed by atoms with van der Waals surface area (Å²) in [6.07, 6.45) is 2.84. The van der Waals surface area contributed by atoms with Crippen LogP contribution in [0.25, 0.3) is 0 Å². The van der Waals surface area contributed by atoms with Gasteiger partial charge in [-0.1, -0.05) is 6.92 Å². The molecule has 0 bridgehead atoms. The largest absolute Gasteiger partial charge is 0.465 e. The van der Waals surface area contributed by atoms with E-state index >= 15 is 0 Å². The Kier molecular flexibility index (Phi) is 10.1. The lowest BCUT2D eigenvalue weighted by Gasteiger charge is -2.04. The maximum Gasteiger partial charge on any atom is 0.305 e. The molecule has 0 aliphatic carbocycles. The topological polar surface area (TPSA) is 127 Å². The van der Waals surface area contributed by atoms with Crippen molar-refractivity contribution in [1.82, 2.24) is 10.9 Å². The molecule has 0 rings (SSSR count). The van der Waals surface area contributed by atoms with Crippen molar-refractivity contribution in [2.75, 3.05) is 6.61 Å². The predicted molar refractivity (Wildman–Crippen MR) is 86.3 cm³/mol. The van der Waals surface area contributed by atoms with E-state index in [0.717, 1.165) is 6.42 Å². The highest BCUT2D eigenvalue weighted by molar-refractivity contribution is 7.80. The van der Waals surface area contributed by atoms with Crippen LogP contribution < -0.4 is 22.3 Å². The maximum absolute atomic E-state index is 11.2. The predicted octanol–water partition coefficient (Wildman–Crippen LogP) is -0.272. The number of esters is 1. The minimum atomic E-state index is -0.257. The van der Waals surface area contributed by atoms with Gasteiger partial charge in [-0.05, 0) is 30.9 Å².